The van der Waals surface area contributed by atoms with Gasteiger partial charge in [0.05, 0.1) is 0 Å². The molecule has 0 nitrogen and oxygen atoms in total. The molecule has 0 aliphatic rings. The van der Waals surface area contributed by atoms with Crippen molar-refractivity contribution in [2.75, 3.05) is 5.88 Å². The normalized spacial score (nSPS) is 12.3. The van der Waals surface area contributed by atoms with Crippen LogP contribution < -0.4 is 0 Å². The molecule has 0 aliphatic heterocycles. The van der Waals surface area contributed by atoms with E-state index in [4.69, 9.17) is 23.2 Å². The van der Waals surface area contributed by atoms with Gasteiger partial charge in [0.15, 0.2) is 0 Å². The highest BCUT2D eigenvalue weighted by molar-refractivity contribution is 6.31. The monoisotopic (exact) mass is 306 g/mol. The van der Waals surface area contributed by atoms with Crippen LogP contribution in [0.15, 0.2) is 54.6 Å². The van der Waals surface area contributed by atoms with Crippen molar-refractivity contribution in [2.24, 2.45) is 5.92 Å². The van der Waals surface area contributed by atoms with Crippen molar-refractivity contribution in [2.45, 2.75) is 25.7 Å². The first kappa shape index (κ1) is 15.4. The molecule has 0 heterocycles. The van der Waals surface area contributed by atoms with E-state index in [9.17, 15) is 0 Å². The third kappa shape index (κ3) is 4.85. The highest BCUT2D eigenvalue weighted by Gasteiger charge is 2.10. The minimum atomic E-state index is 0.500. The van der Waals surface area contributed by atoms with Crippen LogP contribution in [-0.4, -0.2) is 5.88 Å². The SMILES string of the molecule is ClCC(CCCc1ccccc1)Cc1ccccc1Cl. The molecule has 0 amide bonds. The predicted octanol–water partition coefficient (Wildman–Crippen LogP) is 5.76. The molecule has 2 aromatic carbocycles. The fraction of sp³-hybridized carbons (Fsp3) is 0.333. The lowest BCUT2D eigenvalue weighted by molar-refractivity contribution is 0.513. The second-order valence-corrected chi connectivity index (χ2v) is 5.91. The maximum absolute atomic E-state index is 6.21. The van der Waals surface area contributed by atoms with E-state index in [1.165, 1.54) is 17.5 Å². The van der Waals surface area contributed by atoms with Gasteiger partial charge in [-0.25, -0.2) is 0 Å². The molecule has 0 aromatic heterocycles. The Kier molecular flexibility index (Phi) is 6.42. The molecule has 0 fully saturated rings. The molecule has 0 saturated heterocycles. The van der Waals surface area contributed by atoms with Gasteiger partial charge in [-0.05, 0) is 48.8 Å². The van der Waals surface area contributed by atoms with Crippen molar-refractivity contribution >= 4 is 23.2 Å². The van der Waals surface area contributed by atoms with Crippen LogP contribution in [0, 0.1) is 5.92 Å². The van der Waals surface area contributed by atoms with Gasteiger partial charge in [0.25, 0.3) is 0 Å². The summed E-state index contributed by atoms with van der Waals surface area (Å²) in [6.45, 7) is 0. The molecule has 106 valence electrons. The predicted molar refractivity (Wildman–Crippen MR) is 88.7 cm³/mol. The molecule has 0 N–H and O–H groups in total. The first-order valence-corrected chi connectivity index (χ1v) is 8.04. The van der Waals surface area contributed by atoms with Crippen molar-refractivity contribution < 1.29 is 0 Å². The van der Waals surface area contributed by atoms with E-state index < -0.39 is 0 Å². The van der Waals surface area contributed by atoms with E-state index in [1.807, 2.05) is 18.2 Å². The minimum Gasteiger partial charge on any atom is -0.126 e. The Morgan fingerprint density at radius 1 is 0.900 bits per heavy atom. The second-order valence-electron chi connectivity index (χ2n) is 5.19. The Bertz CT molecular complexity index is 508. The van der Waals surface area contributed by atoms with Gasteiger partial charge >= 0.3 is 0 Å². The van der Waals surface area contributed by atoms with Crippen LogP contribution >= 0.6 is 23.2 Å². The fourth-order valence-electron chi connectivity index (χ4n) is 2.45. The van der Waals surface area contributed by atoms with Crippen molar-refractivity contribution in [3.63, 3.8) is 0 Å². The summed E-state index contributed by atoms with van der Waals surface area (Å²) in [5, 5.41) is 0.852. The zero-order valence-corrected chi connectivity index (χ0v) is 13.1. The molecular formula is C18H20Cl2. The van der Waals surface area contributed by atoms with Crippen LogP contribution in [-0.2, 0) is 12.8 Å². The van der Waals surface area contributed by atoms with Gasteiger partial charge in [0, 0.05) is 10.9 Å². The van der Waals surface area contributed by atoms with E-state index in [-0.39, 0.29) is 0 Å². The summed E-state index contributed by atoms with van der Waals surface area (Å²) in [7, 11) is 0. The number of aryl methyl sites for hydroxylation is 1. The molecule has 1 atom stereocenters. The van der Waals surface area contributed by atoms with Gasteiger partial charge in [-0.15, -0.1) is 11.6 Å². The summed E-state index contributed by atoms with van der Waals surface area (Å²) < 4.78 is 0. The number of hydrogen-bond acceptors (Lipinski definition) is 0. The summed E-state index contributed by atoms with van der Waals surface area (Å²) in [5.41, 5.74) is 2.61. The third-order valence-corrected chi connectivity index (χ3v) is 4.41. The lowest BCUT2D eigenvalue weighted by atomic mass is 9.94. The standard InChI is InChI=1S/C18H20Cl2/c19-14-16(13-17-11-4-5-12-18(17)20)10-6-9-15-7-2-1-3-8-15/h1-5,7-8,11-12,16H,6,9-10,13-14H2. The van der Waals surface area contributed by atoms with Crippen molar-refractivity contribution in [1.82, 2.24) is 0 Å². The zero-order valence-electron chi connectivity index (χ0n) is 11.6. The van der Waals surface area contributed by atoms with Gasteiger partial charge in [-0.2, -0.15) is 0 Å². The Morgan fingerprint density at radius 3 is 2.30 bits per heavy atom. The van der Waals surface area contributed by atoms with Gasteiger partial charge in [-0.3, -0.25) is 0 Å². The maximum Gasteiger partial charge on any atom is 0.0438 e. The van der Waals surface area contributed by atoms with Crippen LogP contribution in [0.5, 0.6) is 0 Å². The Morgan fingerprint density at radius 2 is 1.60 bits per heavy atom. The van der Waals surface area contributed by atoms with Crippen LogP contribution in [0.3, 0.4) is 0 Å². The van der Waals surface area contributed by atoms with E-state index in [2.05, 4.69) is 36.4 Å². The summed E-state index contributed by atoms with van der Waals surface area (Å²) in [4.78, 5) is 0. The van der Waals surface area contributed by atoms with Crippen LogP contribution in [0.1, 0.15) is 24.0 Å². The number of rotatable bonds is 7. The third-order valence-electron chi connectivity index (χ3n) is 3.61. The molecule has 0 aliphatic carbocycles. The van der Waals surface area contributed by atoms with Crippen molar-refractivity contribution in [3.05, 3.63) is 70.7 Å². The van der Waals surface area contributed by atoms with Gasteiger partial charge in [-0.1, -0.05) is 60.1 Å². The maximum atomic E-state index is 6.21. The largest absolute Gasteiger partial charge is 0.126 e. The van der Waals surface area contributed by atoms with Crippen LogP contribution in [0.25, 0.3) is 0 Å². The molecule has 0 spiro atoms. The average molecular weight is 307 g/mol. The van der Waals surface area contributed by atoms with Gasteiger partial charge < -0.3 is 0 Å². The Hall–Kier alpha value is -0.980. The Balaban J connectivity index is 1.82. The lowest BCUT2D eigenvalue weighted by Crippen LogP contribution is -2.07. The molecule has 1 unspecified atom stereocenters. The molecule has 20 heavy (non-hydrogen) atoms. The van der Waals surface area contributed by atoms with E-state index in [0.29, 0.717) is 11.8 Å². The first-order valence-electron chi connectivity index (χ1n) is 7.13. The molecule has 0 radical (unpaired) electrons. The molecule has 0 saturated carbocycles. The molecule has 0 bridgehead atoms. The highest BCUT2D eigenvalue weighted by atomic mass is 35.5. The van der Waals surface area contributed by atoms with E-state index >= 15 is 0 Å². The molecular weight excluding hydrogens is 287 g/mol. The number of alkyl halides is 1. The lowest BCUT2D eigenvalue weighted by Gasteiger charge is -2.14. The average Bonchev–Trinajstić information content (AvgIpc) is 2.49. The van der Waals surface area contributed by atoms with Gasteiger partial charge in [0.1, 0.15) is 0 Å². The number of hydrogen-bond donors (Lipinski definition) is 0. The molecule has 2 rings (SSSR count). The van der Waals surface area contributed by atoms with Crippen molar-refractivity contribution in [1.29, 1.82) is 0 Å². The zero-order chi connectivity index (χ0) is 14.2. The molecule has 2 heteroatoms. The highest BCUT2D eigenvalue weighted by Crippen LogP contribution is 2.22. The van der Waals surface area contributed by atoms with Crippen LogP contribution in [0.4, 0.5) is 0 Å². The van der Waals surface area contributed by atoms with Crippen LogP contribution in [0.2, 0.25) is 5.02 Å². The minimum absolute atomic E-state index is 0.500. The first-order chi connectivity index (χ1) is 9.79. The topological polar surface area (TPSA) is 0 Å². The van der Waals surface area contributed by atoms with E-state index in [1.54, 1.807) is 0 Å². The number of halogens is 2. The van der Waals surface area contributed by atoms with E-state index in [0.717, 1.165) is 24.3 Å². The van der Waals surface area contributed by atoms with Gasteiger partial charge in [0.2, 0.25) is 0 Å². The fourth-order valence-corrected chi connectivity index (χ4v) is 2.92. The van der Waals surface area contributed by atoms with Crippen molar-refractivity contribution in [3.8, 4) is 0 Å². The number of benzene rings is 2. The summed E-state index contributed by atoms with van der Waals surface area (Å²) >= 11 is 12.3. The summed E-state index contributed by atoms with van der Waals surface area (Å²) in [6.07, 6.45) is 4.41. The summed E-state index contributed by atoms with van der Waals surface area (Å²) in [5.74, 6) is 1.19. The second kappa shape index (κ2) is 8.34. The Labute approximate surface area is 131 Å². The molecule has 2 aromatic rings. The smallest absolute Gasteiger partial charge is 0.0438 e. The quantitative estimate of drug-likeness (QED) is 0.570. The summed E-state index contributed by atoms with van der Waals surface area (Å²) in [6, 6.07) is 18.7.